The van der Waals surface area contributed by atoms with Gasteiger partial charge in [-0.25, -0.2) is 4.21 Å². The van der Waals surface area contributed by atoms with Gasteiger partial charge in [0.1, 0.15) is 0 Å². The second-order valence-electron chi connectivity index (χ2n) is 0.834. The highest BCUT2D eigenvalue weighted by Gasteiger charge is 1.84. The quantitative estimate of drug-likeness (QED) is 0.551. The molecule has 0 rings (SSSR count). The first kappa shape index (κ1) is 6.85. The Balaban J connectivity index is 3.17. The Hall–Kier alpha value is -0.150. The summed E-state index contributed by atoms with van der Waals surface area (Å²) < 4.78 is 14.7. The normalized spacial score (nSPS) is 13.3. The summed E-state index contributed by atoms with van der Waals surface area (Å²) in [5.74, 6) is 0. The van der Waals surface area contributed by atoms with Crippen LogP contribution in [0.25, 0.3) is 0 Å². The van der Waals surface area contributed by atoms with E-state index in [4.69, 9.17) is 0 Å². The zero-order chi connectivity index (χ0) is 5.70. The molecule has 0 aliphatic carbocycles. The molecular formula is C4H8O2S. The molecule has 2 nitrogen and oxygen atoms in total. The Bertz CT molecular complexity index is 79.8. The van der Waals surface area contributed by atoms with E-state index in [-0.39, 0.29) is 0 Å². The van der Waals surface area contributed by atoms with E-state index in [0.717, 1.165) is 0 Å². The van der Waals surface area contributed by atoms with Crippen LogP contribution in [-0.2, 0) is 15.3 Å². The van der Waals surface area contributed by atoms with Gasteiger partial charge in [-0.15, -0.1) is 0 Å². The fourth-order valence-corrected chi connectivity index (χ4v) is 0.493. The van der Waals surface area contributed by atoms with Crippen molar-refractivity contribution in [3.05, 3.63) is 12.0 Å². The third-order valence-corrected chi connectivity index (χ3v) is 1.11. The molecule has 0 aromatic carbocycles. The van der Waals surface area contributed by atoms with E-state index >= 15 is 0 Å². The van der Waals surface area contributed by atoms with E-state index < -0.39 is 11.1 Å². The van der Waals surface area contributed by atoms with E-state index in [1.165, 1.54) is 5.41 Å². The zero-order valence-electron chi connectivity index (χ0n) is 4.22. The van der Waals surface area contributed by atoms with Crippen molar-refractivity contribution in [2.45, 2.75) is 6.92 Å². The molecule has 0 radical (unpaired) electrons. The molecule has 0 amide bonds. The molecule has 0 aromatic heterocycles. The van der Waals surface area contributed by atoms with E-state index in [9.17, 15) is 4.21 Å². The molecule has 0 spiro atoms. The van der Waals surface area contributed by atoms with Gasteiger partial charge >= 0.3 is 0 Å². The van der Waals surface area contributed by atoms with Crippen LogP contribution < -0.4 is 0 Å². The average Bonchev–Trinajstić information content (AvgIpc) is 1.68. The minimum Gasteiger partial charge on any atom is -0.287 e. The van der Waals surface area contributed by atoms with Gasteiger partial charge in [-0.2, -0.15) is 0 Å². The molecule has 0 fully saturated rings. The molecule has 0 aliphatic rings. The second kappa shape index (κ2) is 4.02. The molecule has 0 saturated heterocycles. The van der Waals surface area contributed by atoms with E-state index in [1.54, 1.807) is 6.92 Å². The smallest absolute Gasteiger partial charge is 0.181 e. The summed E-state index contributed by atoms with van der Waals surface area (Å²) in [7, 11) is 0. The van der Waals surface area contributed by atoms with Gasteiger partial charge in [-0.3, -0.25) is 4.18 Å². The molecule has 1 atom stereocenters. The van der Waals surface area contributed by atoms with Crippen molar-refractivity contribution >= 4 is 11.1 Å². The van der Waals surface area contributed by atoms with Crippen molar-refractivity contribution < 1.29 is 8.39 Å². The molecule has 0 saturated carbocycles. The van der Waals surface area contributed by atoms with Gasteiger partial charge < -0.3 is 0 Å². The largest absolute Gasteiger partial charge is 0.287 e. The van der Waals surface area contributed by atoms with Gasteiger partial charge in [0.25, 0.3) is 0 Å². The minimum atomic E-state index is -1.26. The highest BCUT2D eigenvalue weighted by atomic mass is 32.2. The maximum Gasteiger partial charge on any atom is 0.181 e. The predicted molar refractivity (Wildman–Crippen MR) is 30.0 cm³/mol. The second-order valence-corrected chi connectivity index (χ2v) is 1.92. The summed E-state index contributed by atoms with van der Waals surface area (Å²) in [4.78, 5) is 0. The summed E-state index contributed by atoms with van der Waals surface area (Å²) in [6.07, 6.45) is 0. The van der Waals surface area contributed by atoms with Crippen LogP contribution in [0, 0.1) is 0 Å². The summed E-state index contributed by atoms with van der Waals surface area (Å²) in [5.41, 5.74) is 0. The molecule has 1 unspecified atom stereocenters. The topological polar surface area (TPSA) is 26.3 Å². The molecule has 42 valence electrons. The van der Waals surface area contributed by atoms with Crippen LogP contribution in [0.3, 0.4) is 0 Å². The van der Waals surface area contributed by atoms with Crippen LogP contribution in [0.4, 0.5) is 0 Å². The van der Waals surface area contributed by atoms with Crippen LogP contribution >= 0.6 is 0 Å². The van der Waals surface area contributed by atoms with Crippen molar-refractivity contribution in [1.82, 2.24) is 0 Å². The maximum absolute atomic E-state index is 10.2. The van der Waals surface area contributed by atoms with E-state index in [0.29, 0.717) is 6.61 Å². The van der Waals surface area contributed by atoms with Crippen molar-refractivity contribution in [2.24, 2.45) is 0 Å². The average molecular weight is 120 g/mol. The van der Waals surface area contributed by atoms with Crippen LogP contribution in [-0.4, -0.2) is 10.8 Å². The van der Waals surface area contributed by atoms with Crippen LogP contribution in [0.5, 0.6) is 0 Å². The van der Waals surface area contributed by atoms with E-state index in [1.807, 2.05) is 0 Å². The maximum atomic E-state index is 10.2. The minimum absolute atomic E-state index is 0.471. The molecule has 0 heterocycles. The summed E-state index contributed by atoms with van der Waals surface area (Å²) in [5, 5.41) is 1.25. The first-order chi connectivity index (χ1) is 3.31. The highest BCUT2D eigenvalue weighted by Crippen LogP contribution is 1.82. The Morgan fingerprint density at radius 1 is 2.00 bits per heavy atom. The van der Waals surface area contributed by atoms with Crippen molar-refractivity contribution in [2.75, 3.05) is 6.61 Å². The molecule has 0 aliphatic heterocycles. The van der Waals surface area contributed by atoms with Gasteiger partial charge in [0, 0.05) is 5.41 Å². The first-order valence-electron chi connectivity index (χ1n) is 1.97. The monoisotopic (exact) mass is 120 g/mol. The molecule has 0 N–H and O–H groups in total. The van der Waals surface area contributed by atoms with Gasteiger partial charge in [0.05, 0.1) is 6.61 Å². The zero-order valence-corrected chi connectivity index (χ0v) is 5.03. The van der Waals surface area contributed by atoms with Gasteiger partial charge in [-0.05, 0) is 6.92 Å². The Kier molecular flexibility index (Phi) is 3.93. The standard InChI is InChI=1S/C4H8O2S/c1-3-6-7(5)4-2/h4H,2-3H2,1H3. The predicted octanol–water partition coefficient (Wildman–Crippen LogP) is 0.830. The third kappa shape index (κ3) is 3.69. The molecule has 3 heteroatoms. The number of rotatable bonds is 3. The van der Waals surface area contributed by atoms with Crippen molar-refractivity contribution in [1.29, 1.82) is 0 Å². The first-order valence-corrected chi connectivity index (χ1v) is 3.11. The summed E-state index contributed by atoms with van der Waals surface area (Å²) >= 11 is -1.26. The fraction of sp³-hybridized carbons (Fsp3) is 0.500. The SMILES string of the molecule is C=CS(=O)OCC. The molecule has 0 aromatic rings. The van der Waals surface area contributed by atoms with Gasteiger partial charge in [-0.1, -0.05) is 6.58 Å². The van der Waals surface area contributed by atoms with Gasteiger partial charge in [0.2, 0.25) is 0 Å². The molecular weight excluding hydrogens is 112 g/mol. The Labute approximate surface area is 45.8 Å². The fourth-order valence-electron chi connectivity index (χ4n) is 0.164. The lowest BCUT2D eigenvalue weighted by molar-refractivity contribution is 0.377. The number of hydrogen-bond donors (Lipinski definition) is 0. The van der Waals surface area contributed by atoms with Gasteiger partial charge in [0.15, 0.2) is 11.1 Å². The number of hydrogen-bond acceptors (Lipinski definition) is 2. The van der Waals surface area contributed by atoms with Crippen LogP contribution in [0.15, 0.2) is 12.0 Å². The van der Waals surface area contributed by atoms with Crippen molar-refractivity contribution in [3.63, 3.8) is 0 Å². The lowest BCUT2D eigenvalue weighted by Gasteiger charge is -1.88. The lowest BCUT2D eigenvalue weighted by Crippen LogP contribution is -1.89. The Morgan fingerprint density at radius 2 is 2.57 bits per heavy atom. The van der Waals surface area contributed by atoms with Crippen LogP contribution in [0.2, 0.25) is 0 Å². The molecule has 0 bridgehead atoms. The van der Waals surface area contributed by atoms with Crippen LogP contribution in [0.1, 0.15) is 6.92 Å². The highest BCUT2D eigenvalue weighted by molar-refractivity contribution is 7.83. The molecule has 7 heavy (non-hydrogen) atoms. The van der Waals surface area contributed by atoms with E-state index in [2.05, 4.69) is 10.8 Å². The third-order valence-electron chi connectivity index (χ3n) is 0.370. The Morgan fingerprint density at radius 3 is 2.71 bits per heavy atom. The summed E-state index contributed by atoms with van der Waals surface area (Å²) in [6, 6.07) is 0. The summed E-state index contributed by atoms with van der Waals surface area (Å²) in [6.45, 7) is 5.50. The lowest BCUT2D eigenvalue weighted by atomic mass is 10.9. The van der Waals surface area contributed by atoms with Crippen molar-refractivity contribution in [3.8, 4) is 0 Å².